The van der Waals surface area contributed by atoms with E-state index in [9.17, 15) is 9.59 Å². The molecule has 5 rings (SSSR count). The number of ether oxygens (including phenoxy) is 1. The van der Waals surface area contributed by atoms with Crippen molar-refractivity contribution in [2.24, 2.45) is 0 Å². The summed E-state index contributed by atoms with van der Waals surface area (Å²) in [5, 5.41) is 0.993. The van der Waals surface area contributed by atoms with Gasteiger partial charge in [0.2, 0.25) is 0 Å². The quantitative estimate of drug-likeness (QED) is 0.349. The molecule has 4 aromatic rings. The summed E-state index contributed by atoms with van der Waals surface area (Å²) in [6.07, 6.45) is 10.5. The van der Waals surface area contributed by atoms with Gasteiger partial charge in [-0.15, -0.1) is 0 Å². The van der Waals surface area contributed by atoms with Gasteiger partial charge < -0.3 is 13.9 Å². The lowest BCUT2D eigenvalue weighted by Gasteiger charge is -2.18. The summed E-state index contributed by atoms with van der Waals surface area (Å²) < 4.78 is 8.72. The molecule has 6 heteroatoms. The van der Waals surface area contributed by atoms with Gasteiger partial charge in [-0.1, -0.05) is 37.8 Å². The number of methoxy groups -OCH3 is 1. The molecule has 0 N–H and O–H groups in total. The fourth-order valence-corrected chi connectivity index (χ4v) is 4.76. The Morgan fingerprint density at radius 1 is 0.875 bits per heavy atom. The summed E-state index contributed by atoms with van der Waals surface area (Å²) >= 11 is 0. The standard InChI is InChI=1S/C26H27N3O3/c1-32-20-10-8-18(9-11-20)17-28-14-12-23-21(25(28)30)16-22-24(27-23)13-15-29(26(22)31)19-6-4-2-3-5-7-19/h8-16,19H,2-7,17H2,1H3. The molecule has 0 saturated heterocycles. The molecule has 0 unspecified atom stereocenters. The summed E-state index contributed by atoms with van der Waals surface area (Å²) in [4.78, 5) is 31.2. The monoisotopic (exact) mass is 429 g/mol. The van der Waals surface area contributed by atoms with Gasteiger partial charge in [0.1, 0.15) is 5.75 Å². The van der Waals surface area contributed by atoms with Crippen LogP contribution in [-0.4, -0.2) is 21.2 Å². The van der Waals surface area contributed by atoms with Crippen LogP contribution in [0, 0.1) is 0 Å². The SMILES string of the molecule is COc1ccc(Cn2ccc3nc4ccn(C5CCCCCC5)c(=O)c4cc3c2=O)cc1. The molecule has 3 aromatic heterocycles. The molecule has 1 aliphatic rings. The molecule has 0 spiro atoms. The lowest BCUT2D eigenvalue weighted by atomic mass is 10.1. The van der Waals surface area contributed by atoms with Crippen LogP contribution in [0.1, 0.15) is 50.1 Å². The maximum absolute atomic E-state index is 13.3. The zero-order valence-corrected chi connectivity index (χ0v) is 18.3. The summed E-state index contributed by atoms with van der Waals surface area (Å²) in [5.41, 5.74) is 2.06. The Balaban J connectivity index is 1.57. The maximum atomic E-state index is 13.3. The molecule has 1 fully saturated rings. The van der Waals surface area contributed by atoms with E-state index < -0.39 is 0 Å². The number of rotatable bonds is 4. The summed E-state index contributed by atoms with van der Waals surface area (Å²) in [7, 11) is 1.63. The first-order valence-corrected chi connectivity index (χ1v) is 11.3. The fourth-order valence-electron chi connectivity index (χ4n) is 4.76. The van der Waals surface area contributed by atoms with E-state index in [1.54, 1.807) is 23.9 Å². The molecule has 0 radical (unpaired) electrons. The van der Waals surface area contributed by atoms with E-state index in [4.69, 9.17) is 4.74 Å². The molecule has 0 aliphatic heterocycles. The third kappa shape index (κ3) is 3.81. The van der Waals surface area contributed by atoms with Crippen molar-refractivity contribution in [1.29, 1.82) is 0 Å². The third-order valence-corrected chi connectivity index (χ3v) is 6.57. The largest absolute Gasteiger partial charge is 0.497 e. The predicted molar refractivity (Wildman–Crippen MR) is 127 cm³/mol. The van der Waals surface area contributed by atoms with Gasteiger partial charge in [-0.3, -0.25) is 9.59 Å². The molecule has 0 atom stereocenters. The molecule has 6 nitrogen and oxygen atoms in total. The Kier molecular flexibility index (Phi) is 5.52. The number of hydrogen-bond acceptors (Lipinski definition) is 4. The van der Waals surface area contributed by atoms with Gasteiger partial charge in [0.25, 0.3) is 11.1 Å². The van der Waals surface area contributed by atoms with E-state index in [0.29, 0.717) is 28.4 Å². The van der Waals surface area contributed by atoms with Gasteiger partial charge in [-0.25, -0.2) is 4.98 Å². The van der Waals surface area contributed by atoms with Crippen molar-refractivity contribution in [3.63, 3.8) is 0 Å². The molecule has 3 heterocycles. The van der Waals surface area contributed by atoms with Crippen LogP contribution in [0.5, 0.6) is 5.75 Å². The highest BCUT2D eigenvalue weighted by Crippen LogP contribution is 2.26. The van der Waals surface area contributed by atoms with Crippen molar-refractivity contribution < 1.29 is 4.74 Å². The van der Waals surface area contributed by atoms with E-state index >= 15 is 0 Å². The van der Waals surface area contributed by atoms with Crippen molar-refractivity contribution in [2.45, 2.75) is 51.1 Å². The number of pyridine rings is 3. The van der Waals surface area contributed by atoms with Crippen molar-refractivity contribution in [1.82, 2.24) is 14.1 Å². The molecule has 1 aliphatic carbocycles. The van der Waals surface area contributed by atoms with Crippen molar-refractivity contribution in [2.75, 3.05) is 7.11 Å². The van der Waals surface area contributed by atoms with Gasteiger partial charge in [-0.2, -0.15) is 0 Å². The van der Waals surface area contributed by atoms with Crippen LogP contribution >= 0.6 is 0 Å². The van der Waals surface area contributed by atoms with Crippen molar-refractivity contribution >= 4 is 21.8 Å². The molecule has 164 valence electrons. The number of fused-ring (bicyclic) bond motifs is 2. The highest BCUT2D eigenvalue weighted by atomic mass is 16.5. The van der Waals surface area contributed by atoms with Crippen LogP contribution in [0.25, 0.3) is 21.8 Å². The van der Waals surface area contributed by atoms with E-state index in [1.807, 2.05) is 47.2 Å². The minimum Gasteiger partial charge on any atom is -0.497 e. The lowest BCUT2D eigenvalue weighted by Crippen LogP contribution is -2.25. The van der Waals surface area contributed by atoms with E-state index in [-0.39, 0.29) is 17.2 Å². The Hall–Kier alpha value is -3.41. The minimum absolute atomic E-state index is 0.0474. The molecule has 0 bridgehead atoms. The Morgan fingerprint density at radius 2 is 1.53 bits per heavy atom. The molecular weight excluding hydrogens is 402 g/mol. The van der Waals surface area contributed by atoms with Gasteiger partial charge >= 0.3 is 0 Å². The normalized spacial score (nSPS) is 15.2. The number of aromatic nitrogens is 3. The smallest absolute Gasteiger partial charge is 0.260 e. The van der Waals surface area contributed by atoms with Crippen molar-refractivity contribution in [3.05, 3.63) is 81.1 Å². The third-order valence-electron chi connectivity index (χ3n) is 6.57. The van der Waals surface area contributed by atoms with E-state index in [2.05, 4.69) is 4.98 Å². The molecule has 0 amide bonds. The Bertz CT molecular complexity index is 1380. The van der Waals surface area contributed by atoms with Gasteiger partial charge in [0.15, 0.2) is 0 Å². The Labute approximate surface area is 186 Å². The van der Waals surface area contributed by atoms with Gasteiger partial charge in [-0.05, 0) is 48.7 Å². The van der Waals surface area contributed by atoms with E-state index in [1.165, 1.54) is 12.8 Å². The predicted octanol–water partition coefficient (Wildman–Crippen LogP) is 4.66. The molecule has 1 aromatic carbocycles. The minimum atomic E-state index is -0.142. The second kappa shape index (κ2) is 8.61. The van der Waals surface area contributed by atoms with E-state index in [0.717, 1.165) is 37.0 Å². The highest BCUT2D eigenvalue weighted by Gasteiger charge is 2.17. The number of hydrogen-bond donors (Lipinski definition) is 0. The summed E-state index contributed by atoms with van der Waals surface area (Å²) in [6, 6.07) is 13.4. The van der Waals surface area contributed by atoms with Gasteiger partial charge in [0, 0.05) is 18.4 Å². The van der Waals surface area contributed by atoms with Crippen LogP contribution in [0.15, 0.2) is 64.4 Å². The summed E-state index contributed by atoms with van der Waals surface area (Å²) in [6.45, 7) is 0.442. The fraction of sp³-hybridized carbons (Fsp3) is 0.346. The topological polar surface area (TPSA) is 66.1 Å². The van der Waals surface area contributed by atoms with Crippen LogP contribution in [0.4, 0.5) is 0 Å². The molecule has 1 saturated carbocycles. The van der Waals surface area contributed by atoms with Crippen LogP contribution in [0.3, 0.4) is 0 Å². The first kappa shape index (κ1) is 20.5. The average Bonchev–Trinajstić information content (AvgIpc) is 3.10. The maximum Gasteiger partial charge on any atom is 0.260 e. The highest BCUT2D eigenvalue weighted by molar-refractivity contribution is 5.91. The zero-order valence-electron chi connectivity index (χ0n) is 18.3. The second-order valence-electron chi connectivity index (χ2n) is 8.62. The number of nitrogens with zero attached hydrogens (tertiary/aromatic N) is 3. The molecular formula is C26H27N3O3. The van der Waals surface area contributed by atoms with Crippen LogP contribution < -0.4 is 15.9 Å². The van der Waals surface area contributed by atoms with Crippen molar-refractivity contribution in [3.8, 4) is 5.75 Å². The Morgan fingerprint density at radius 3 is 2.22 bits per heavy atom. The first-order valence-electron chi connectivity index (χ1n) is 11.3. The molecule has 32 heavy (non-hydrogen) atoms. The van der Waals surface area contributed by atoms with Gasteiger partial charge in [0.05, 0.1) is 35.5 Å². The first-order chi connectivity index (χ1) is 15.6. The lowest BCUT2D eigenvalue weighted by molar-refractivity contribution is 0.414. The second-order valence-corrected chi connectivity index (χ2v) is 8.62. The van der Waals surface area contributed by atoms with Crippen LogP contribution in [0.2, 0.25) is 0 Å². The zero-order chi connectivity index (χ0) is 22.1. The van der Waals surface area contributed by atoms with Crippen LogP contribution in [-0.2, 0) is 6.54 Å². The average molecular weight is 430 g/mol. The summed E-state index contributed by atoms with van der Waals surface area (Å²) in [5.74, 6) is 0.778. The number of benzene rings is 1.